The van der Waals surface area contributed by atoms with E-state index >= 15 is 0 Å². The van der Waals surface area contributed by atoms with Gasteiger partial charge < -0.3 is 20.9 Å². The van der Waals surface area contributed by atoms with Crippen LogP contribution in [-0.4, -0.2) is 58.6 Å². The lowest BCUT2D eigenvalue weighted by molar-refractivity contribution is -0.148. The average Bonchev–Trinajstić information content (AvgIpc) is 3.20. The topological polar surface area (TPSA) is 113 Å². The molecule has 3 N–H and O–H groups in total. The molecule has 0 bridgehead atoms. The summed E-state index contributed by atoms with van der Waals surface area (Å²) in [5, 5.41) is 7.05. The van der Waals surface area contributed by atoms with E-state index in [1.165, 1.54) is 9.80 Å². The normalized spacial score (nSPS) is 17.4. The maximum Gasteiger partial charge on any atom is 0.251 e. The van der Waals surface area contributed by atoms with Gasteiger partial charge in [0.15, 0.2) is 0 Å². The molecule has 0 unspecified atom stereocenters. The third kappa shape index (κ3) is 6.69. The third-order valence-electron chi connectivity index (χ3n) is 8.92. The number of fused-ring (bicyclic) bond motifs is 2. The van der Waals surface area contributed by atoms with Gasteiger partial charge >= 0.3 is 0 Å². The van der Waals surface area contributed by atoms with Crippen LogP contribution in [0.2, 0.25) is 5.02 Å². The second kappa shape index (κ2) is 13.6. The Morgan fingerprint density at radius 2 is 1.57 bits per heavy atom. The van der Waals surface area contributed by atoms with E-state index in [0.717, 1.165) is 27.1 Å². The summed E-state index contributed by atoms with van der Waals surface area (Å²) in [6, 6.07) is 31.1. The Kier molecular flexibility index (Phi) is 9.22. The first kappa shape index (κ1) is 31.8. The summed E-state index contributed by atoms with van der Waals surface area (Å²) in [5.41, 5.74) is 7.81. The zero-order valence-electron chi connectivity index (χ0n) is 25.9. The quantitative estimate of drug-likeness (QED) is 0.226. The van der Waals surface area contributed by atoms with Crippen molar-refractivity contribution in [3.05, 3.63) is 131 Å². The molecule has 0 aliphatic carbocycles. The smallest absolute Gasteiger partial charge is 0.251 e. The number of carbonyl (C=O) groups is 4. The Labute approximate surface area is 278 Å². The Morgan fingerprint density at radius 3 is 2.34 bits per heavy atom. The van der Waals surface area contributed by atoms with E-state index in [2.05, 4.69) is 5.32 Å². The summed E-state index contributed by atoms with van der Waals surface area (Å²) < 4.78 is 0. The van der Waals surface area contributed by atoms with Gasteiger partial charge in [0.1, 0.15) is 12.1 Å². The Balaban J connectivity index is 1.30. The van der Waals surface area contributed by atoms with Crippen molar-refractivity contribution in [1.82, 2.24) is 15.1 Å². The van der Waals surface area contributed by atoms with E-state index < -0.39 is 41.8 Å². The number of hydrogen-bond acceptors (Lipinski definition) is 4. The molecule has 1 heterocycles. The molecule has 5 aromatic rings. The largest absolute Gasteiger partial charge is 0.368 e. The Bertz CT molecular complexity index is 1990. The number of rotatable bonds is 8. The molecule has 47 heavy (non-hydrogen) atoms. The summed E-state index contributed by atoms with van der Waals surface area (Å²) in [6.45, 7) is 1.75. The number of hydrogen-bond donors (Lipinski definition) is 2. The molecule has 0 saturated carbocycles. The molecular weight excluding hydrogens is 612 g/mol. The van der Waals surface area contributed by atoms with Crippen LogP contribution in [0.3, 0.4) is 0 Å². The standard InChI is InChI=1S/C38H35ClN4O4/c1-24-18-19-42(33(36(40)45)22-28-12-6-11-26-9-4-5-15-32(26)28)38(47)35(29-13-7-14-31(39)21-29)43(24)34(44)23-41-37(46)30-17-16-25-8-2-3-10-27(25)20-30/h2-17,20-21,24,33,35H,18-19,22-23H2,1H3,(H2,40,45)(H,41,46)/t24-,33-,35+/m1/s1. The first-order valence-electron chi connectivity index (χ1n) is 15.6. The number of primary amides is 1. The highest BCUT2D eigenvalue weighted by molar-refractivity contribution is 6.30. The van der Waals surface area contributed by atoms with Gasteiger partial charge in [-0.1, -0.05) is 96.5 Å². The van der Waals surface area contributed by atoms with Gasteiger partial charge in [0.05, 0.1) is 6.54 Å². The molecule has 0 aromatic heterocycles. The molecule has 5 aromatic carbocycles. The van der Waals surface area contributed by atoms with Gasteiger partial charge in [-0.05, 0) is 70.3 Å². The lowest BCUT2D eigenvalue weighted by atomic mass is 9.96. The monoisotopic (exact) mass is 646 g/mol. The molecule has 6 rings (SSSR count). The van der Waals surface area contributed by atoms with Crippen LogP contribution in [0, 0.1) is 0 Å². The Hall–Kier alpha value is -5.21. The maximum atomic E-state index is 14.6. The number of nitrogens with zero attached hydrogens (tertiary/aromatic N) is 2. The zero-order valence-corrected chi connectivity index (χ0v) is 26.7. The first-order valence-corrected chi connectivity index (χ1v) is 16.0. The molecule has 0 spiro atoms. The number of nitrogens with one attached hydrogen (secondary N) is 1. The van der Waals surface area contributed by atoms with Crippen molar-refractivity contribution in [3.8, 4) is 0 Å². The highest BCUT2D eigenvalue weighted by Gasteiger charge is 2.43. The minimum absolute atomic E-state index is 0.211. The summed E-state index contributed by atoms with van der Waals surface area (Å²) in [7, 11) is 0. The van der Waals surface area contributed by atoms with E-state index in [4.69, 9.17) is 17.3 Å². The van der Waals surface area contributed by atoms with Crippen molar-refractivity contribution in [3.63, 3.8) is 0 Å². The fourth-order valence-corrected chi connectivity index (χ4v) is 6.71. The molecule has 9 heteroatoms. The average molecular weight is 647 g/mol. The molecule has 1 saturated heterocycles. The van der Waals surface area contributed by atoms with Gasteiger partial charge in [0, 0.05) is 29.6 Å². The third-order valence-corrected chi connectivity index (χ3v) is 9.15. The summed E-state index contributed by atoms with van der Waals surface area (Å²) in [5.74, 6) is -1.90. The van der Waals surface area contributed by atoms with Crippen molar-refractivity contribution in [2.24, 2.45) is 5.73 Å². The molecule has 0 radical (unpaired) electrons. The highest BCUT2D eigenvalue weighted by Crippen LogP contribution is 2.33. The van der Waals surface area contributed by atoms with Gasteiger partial charge in [0.2, 0.25) is 11.8 Å². The van der Waals surface area contributed by atoms with Crippen LogP contribution >= 0.6 is 11.6 Å². The van der Waals surface area contributed by atoms with Gasteiger partial charge in [-0.3, -0.25) is 19.2 Å². The van der Waals surface area contributed by atoms with Crippen molar-refractivity contribution in [1.29, 1.82) is 0 Å². The van der Waals surface area contributed by atoms with Gasteiger partial charge in [-0.2, -0.15) is 0 Å². The SMILES string of the molecule is C[C@@H]1CCN([C@H](Cc2cccc3ccccc23)C(N)=O)C(=O)[C@H](c2cccc(Cl)c2)N1C(=O)CNC(=O)c1ccc2ccccc2c1. The number of benzene rings is 5. The van der Waals surface area contributed by atoms with Crippen LogP contribution in [-0.2, 0) is 20.8 Å². The Morgan fingerprint density at radius 1 is 0.872 bits per heavy atom. The van der Waals surface area contributed by atoms with Crippen LogP contribution in [0.25, 0.3) is 21.5 Å². The van der Waals surface area contributed by atoms with Gasteiger partial charge in [-0.15, -0.1) is 0 Å². The number of carbonyl (C=O) groups excluding carboxylic acids is 4. The fraction of sp³-hybridized carbons (Fsp3) is 0.211. The minimum atomic E-state index is -1.09. The van der Waals surface area contributed by atoms with Crippen LogP contribution in [0.5, 0.6) is 0 Å². The van der Waals surface area contributed by atoms with E-state index in [-0.39, 0.29) is 19.5 Å². The highest BCUT2D eigenvalue weighted by atomic mass is 35.5. The van der Waals surface area contributed by atoms with Crippen LogP contribution in [0.1, 0.15) is 40.9 Å². The predicted octanol–water partition coefficient (Wildman–Crippen LogP) is 5.66. The van der Waals surface area contributed by atoms with Crippen LogP contribution in [0.4, 0.5) is 0 Å². The van der Waals surface area contributed by atoms with E-state index in [9.17, 15) is 19.2 Å². The maximum absolute atomic E-state index is 14.6. The van der Waals surface area contributed by atoms with Crippen molar-refractivity contribution in [2.45, 2.75) is 37.9 Å². The van der Waals surface area contributed by atoms with E-state index in [1.54, 1.807) is 36.4 Å². The van der Waals surface area contributed by atoms with Gasteiger partial charge in [-0.25, -0.2) is 0 Å². The van der Waals surface area contributed by atoms with E-state index in [0.29, 0.717) is 22.6 Å². The molecule has 8 nitrogen and oxygen atoms in total. The van der Waals surface area contributed by atoms with Crippen molar-refractivity contribution < 1.29 is 19.2 Å². The molecule has 1 aliphatic heterocycles. The van der Waals surface area contributed by atoms with Crippen molar-refractivity contribution >= 4 is 56.8 Å². The molecular formula is C38H35ClN4O4. The summed E-state index contributed by atoms with van der Waals surface area (Å²) in [6.07, 6.45) is 0.612. The summed E-state index contributed by atoms with van der Waals surface area (Å²) in [4.78, 5) is 57.8. The number of amides is 4. The van der Waals surface area contributed by atoms with Gasteiger partial charge in [0.25, 0.3) is 11.8 Å². The number of halogens is 1. The lowest BCUT2D eigenvalue weighted by Gasteiger charge is -2.36. The second-order valence-electron chi connectivity index (χ2n) is 11.9. The lowest BCUT2D eigenvalue weighted by Crippen LogP contribution is -2.53. The summed E-state index contributed by atoms with van der Waals surface area (Å²) >= 11 is 6.38. The predicted molar refractivity (Wildman–Crippen MR) is 184 cm³/mol. The number of nitrogens with two attached hydrogens (primary N) is 1. The molecule has 1 fully saturated rings. The molecule has 1 aliphatic rings. The van der Waals surface area contributed by atoms with Crippen LogP contribution in [0.15, 0.2) is 109 Å². The minimum Gasteiger partial charge on any atom is -0.368 e. The van der Waals surface area contributed by atoms with E-state index in [1.807, 2.05) is 79.7 Å². The second-order valence-corrected chi connectivity index (χ2v) is 12.4. The molecule has 238 valence electrons. The van der Waals surface area contributed by atoms with Crippen LogP contribution < -0.4 is 11.1 Å². The fourth-order valence-electron chi connectivity index (χ4n) is 6.51. The first-order chi connectivity index (χ1) is 22.7. The molecule has 4 amide bonds. The molecule has 3 atom stereocenters. The zero-order chi connectivity index (χ0) is 33.1. The van der Waals surface area contributed by atoms with Crippen molar-refractivity contribution in [2.75, 3.05) is 13.1 Å².